The van der Waals surface area contributed by atoms with E-state index in [1.807, 2.05) is 29.5 Å². The Bertz CT molecular complexity index is 472. The number of ether oxygens (including phenoxy) is 1. The highest BCUT2D eigenvalue weighted by molar-refractivity contribution is 5.04. The van der Waals surface area contributed by atoms with Crippen LogP contribution in [-0.4, -0.2) is 39.0 Å². The molecule has 0 radical (unpaired) electrons. The quantitative estimate of drug-likeness (QED) is 0.852. The Morgan fingerprint density at radius 1 is 1.44 bits per heavy atom. The van der Waals surface area contributed by atoms with E-state index < -0.39 is 0 Å². The fourth-order valence-electron chi connectivity index (χ4n) is 2.18. The Morgan fingerprint density at radius 2 is 2.44 bits per heavy atom. The van der Waals surface area contributed by atoms with E-state index in [-0.39, 0.29) is 6.10 Å². The maximum absolute atomic E-state index is 5.75. The number of hydrogen-bond donors (Lipinski definition) is 1. The summed E-state index contributed by atoms with van der Waals surface area (Å²) in [5.41, 5.74) is 1.13. The zero-order chi connectivity index (χ0) is 12.2. The van der Waals surface area contributed by atoms with E-state index in [0.29, 0.717) is 0 Å². The summed E-state index contributed by atoms with van der Waals surface area (Å²) in [4.78, 5) is 4.22. The highest BCUT2D eigenvalue weighted by atomic mass is 16.5. The Hall–Kier alpha value is -1.66. The summed E-state index contributed by atoms with van der Waals surface area (Å²) in [6.07, 6.45) is 7.62. The molecule has 1 fully saturated rings. The summed E-state index contributed by atoms with van der Waals surface area (Å²) in [7, 11) is 0. The normalized spacial score (nSPS) is 20.1. The average Bonchev–Trinajstić information content (AvgIpc) is 3.09. The van der Waals surface area contributed by atoms with Crippen molar-refractivity contribution in [3.05, 3.63) is 36.7 Å². The van der Waals surface area contributed by atoms with Crippen LogP contribution in [0.3, 0.4) is 0 Å². The second-order valence-electron chi connectivity index (χ2n) is 4.34. The fourth-order valence-corrected chi connectivity index (χ4v) is 2.18. The first-order valence-electron chi connectivity index (χ1n) is 6.23. The van der Waals surface area contributed by atoms with E-state index in [1.54, 1.807) is 6.20 Å². The minimum Gasteiger partial charge on any atom is -0.369 e. The zero-order valence-electron chi connectivity index (χ0n) is 10.2. The van der Waals surface area contributed by atoms with Gasteiger partial charge in [0.2, 0.25) is 0 Å². The third-order valence-corrected chi connectivity index (χ3v) is 3.13. The van der Waals surface area contributed by atoms with Crippen molar-refractivity contribution >= 4 is 0 Å². The van der Waals surface area contributed by atoms with Crippen LogP contribution >= 0.6 is 0 Å². The number of nitrogens with one attached hydrogen (secondary N) is 1. The summed E-state index contributed by atoms with van der Waals surface area (Å²) < 4.78 is 9.81. The smallest absolute Gasteiger partial charge is 0.111 e. The van der Waals surface area contributed by atoms with Crippen LogP contribution in [0.25, 0.3) is 0 Å². The van der Waals surface area contributed by atoms with Gasteiger partial charge >= 0.3 is 0 Å². The van der Waals surface area contributed by atoms with Crippen molar-refractivity contribution in [2.75, 3.05) is 19.7 Å². The number of hydrogen-bond acceptors (Lipinski definition) is 4. The van der Waals surface area contributed by atoms with Crippen LogP contribution in [0.4, 0.5) is 0 Å². The van der Waals surface area contributed by atoms with Gasteiger partial charge in [0.05, 0.1) is 31.4 Å². The number of morpholine rings is 1. The van der Waals surface area contributed by atoms with Gasteiger partial charge in [-0.05, 0) is 6.07 Å². The van der Waals surface area contributed by atoms with Crippen molar-refractivity contribution in [1.82, 2.24) is 24.6 Å². The van der Waals surface area contributed by atoms with Crippen LogP contribution in [-0.2, 0) is 17.8 Å². The van der Waals surface area contributed by atoms with Crippen LogP contribution < -0.4 is 5.32 Å². The fraction of sp³-hybridized carbons (Fsp3) is 0.500. The van der Waals surface area contributed by atoms with Gasteiger partial charge in [0.15, 0.2) is 0 Å². The molecule has 0 amide bonds. The van der Waals surface area contributed by atoms with E-state index in [9.17, 15) is 0 Å². The van der Waals surface area contributed by atoms with E-state index in [0.717, 1.165) is 38.5 Å². The molecular formula is C12H17N5O. The van der Waals surface area contributed by atoms with Crippen molar-refractivity contribution < 1.29 is 4.74 Å². The minimum absolute atomic E-state index is 0.110. The first kappa shape index (κ1) is 11.4. The molecule has 0 aliphatic carbocycles. The van der Waals surface area contributed by atoms with Crippen LogP contribution in [0.1, 0.15) is 11.8 Å². The van der Waals surface area contributed by atoms with Crippen molar-refractivity contribution in [1.29, 1.82) is 0 Å². The van der Waals surface area contributed by atoms with Gasteiger partial charge in [0.25, 0.3) is 0 Å². The lowest BCUT2D eigenvalue weighted by molar-refractivity contribution is 0.0226. The number of nitrogens with zero attached hydrogens (tertiary/aromatic N) is 4. The second-order valence-corrected chi connectivity index (χ2v) is 4.34. The molecule has 0 bridgehead atoms. The van der Waals surface area contributed by atoms with Crippen molar-refractivity contribution in [2.24, 2.45) is 0 Å². The molecule has 1 saturated heterocycles. The molecule has 0 spiro atoms. The highest BCUT2D eigenvalue weighted by Gasteiger charge is 2.19. The summed E-state index contributed by atoms with van der Waals surface area (Å²) >= 11 is 0. The van der Waals surface area contributed by atoms with Crippen molar-refractivity contribution in [3.8, 4) is 0 Å². The minimum atomic E-state index is 0.110. The van der Waals surface area contributed by atoms with Gasteiger partial charge < -0.3 is 14.6 Å². The standard InChI is InChI=1S/C12H17N5O/c1-2-15-17(4-1)6-5-16-10-14-8-11(16)12-9-13-3-7-18-12/h1-2,4,8,10,12-13H,3,5-7,9H2. The third kappa shape index (κ3) is 2.44. The Balaban J connectivity index is 1.67. The molecule has 1 aliphatic heterocycles. The molecule has 96 valence electrons. The Labute approximate surface area is 106 Å². The van der Waals surface area contributed by atoms with Crippen LogP contribution in [0.2, 0.25) is 0 Å². The predicted molar refractivity (Wildman–Crippen MR) is 66.0 cm³/mol. The average molecular weight is 247 g/mol. The second kappa shape index (κ2) is 5.32. The van der Waals surface area contributed by atoms with E-state index >= 15 is 0 Å². The van der Waals surface area contributed by atoms with Gasteiger partial charge in [-0.1, -0.05) is 0 Å². The maximum Gasteiger partial charge on any atom is 0.111 e. The van der Waals surface area contributed by atoms with Crippen LogP contribution in [0.15, 0.2) is 31.0 Å². The molecule has 6 nitrogen and oxygen atoms in total. The predicted octanol–water partition coefficient (Wildman–Crippen LogP) is 0.441. The van der Waals surface area contributed by atoms with Gasteiger partial charge in [-0.3, -0.25) is 4.68 Å². The molecular weight excluding hydrogens is 230 g/mol. The third-order valence-electron chi connectivity index (χ3n) is 3.13. The molecule has 1 N–H and O–H groups in total. The van der Waals surface area contributed by atoms with Gasteiger partial charge in [-0.2, -0.15) is 5.10 Å². The van der Waals surface area contributed by atoms with E-state index in [1.165, 1.54) is 0 Å². The molecule has 1 atom stereocenters. The molecule has 2 aromatic rings. The van der Waals surface area contributed by atoms with Crippen LogP contribution in [0, 0.1) is 0 Å². The molecule has 2 aromatic heterocycles. The lowest BCUT2D eigenvalue weighted by Gasteiger charge is -2.24. The highest BCUT2D eigenvalue weighted by Crippen LogP contribution is 2.18. The molecule has 6 heteroatoms. The van der Waals surface area contributed by atoms with E-state index in [4.69, 9.17) is 4.74 Å². The summed E-state index contributed by atoms with van der Waals surface area (Å²) in [6, 6.07) is 1.93. The number of aryl methyl sites for hydroxylation is 2. The molecule has 1 aliphatic rings. The largest absolute Gasteiger partial charge is 0.369 e. The first-order valence-corrected chi connectivity index (χ1v) is 6.23. The van der Waals surface area contributed by atoms with Gasteiger partial charge in [-0.15, -0.1) is 0 Å². The SMILES string of the molecule is c1cnn(CCn2cncc2C2CNCCO2)c1. The molecule has 0 saturated carbocycles. The summed E-state index contributed by atoms with van der Waals surface area (Å²) in [6.45, 7) is 4.24. The molecule has 3 heterocycles. The molecule has 3 rings (SSSR count). The number of aromatic nitrogens is 4. The molecule has 18 heavy (non-hydrogen) atoms. The Kier molecular flexibility index (Phi) is 3.38. The first-order chi connectivity index (χ1) is 8.93. The van der Waals surface area contributed by atoms with E-state index in [2.05, 4.69) is 20.0 Å². The monoisotopic (exact) mass is 247 g/mol. The summed E-state index contributed by atoms with van der Waals surface area (Å²) in [5, 5.41) is 7.53. The van der Waals surface area contributed by atoms with Crippen molar-refractivity contribution in [3.63, 3.8) is 0 Å². The molecule has 0 aromatic carbocycles. The topological polar surface area (TPSA) is 56.9 Å². The Morgan fingerprint density at radius 3 is 3.22 bits per heavy atom. The van der Waals surface area contributed by atoms with Crippen LogP contribution in [0.5, 0.6) is 0 Å². The van der Waals surface area contributed by atoms with Gasteiger partial charge in [-0.25, -0.2) is 4.98 Å². The summed E-state index contributed by atoms with van der Waals surface area (Å²) in [5.74, 6) is 0. The zero-order valence-corrected chi connectivity index (χ0v) is 10.2. The maximum atomic E-state index is 5.75. The van der Waals surface area contributed by atoms with Gasteiger partial charge in [0, 0.05) is 32.0 Å². The lowest BCUT2D eigenvalue weighted by Crippen LogP contribution is -2.34. The van der Waals surface area contributed by atoms with Gasteiger partial charge in [0.1, 0.15) is 6.10 Å². The molecule has 1 unspecified atom stereocenters. The number of rotatable bonds is 4. The number of imidazole rings is 1. The lowest BCUT2D eigenvalue weighted by atomic mass is 10.2. The van der Waals surface area contributed by atoms with Crippen molar-refractivity contribution in [2.45, 2.75) is 19.2 Å².